The average Bonchev–Trinajstić information content (AvgIpc) is 2.98. The summed E-state index contributed by atoms with van der Waals surface area (Å²) in [6, 6.07) is 19.3. The standard InChI is InChI=1S/C27H26N2O2/c1-16-13-14-21(15-19(16)4)24-25(28-22-11-7-6-9-18(22)3)27(31)29(26(24)30)23-12-8-10-17(2)20(23)5/h6-15,28H,1-5H3. The van der Waals surface area contributed by atoms with E-state index in [1.54, 1.807) is 0 Å². The van der Waals surface area contributed by atoms with Crippen LogP contribution < -0.4 is 10.2 Å². The van der Waals surface area contributed by atoms with Crippen LogP contribution in [-0.4, -0.2) is 11.8 Å². The molecule has 0 aromatic heterocycles. The topological polar surface area (TPSA) is 49.4 Å². The fourth-order valence-electron chi connectivity index (χ4n) is 3.85. The van der Waals surface area contributed by atoms with Gasteiger partial charge in [0, 0.05) is 5.69 Å². The monoisotopic (exact) mass is 410 g/mol. The smallest absolute Gasteiger partial charge is 0.282 e. The highest BCUT2D eigenvalue weighted by Crippen LogP contribution is 2.36. The summed E-state index contributed by atoms with van der Waals surface area (Å²) in [6.07, 6.45) is 0. The van der Waals surface area contributed by atoms with Crippen molar-refractivity contribution in [3.05, 3.63) is 99.7 Å². The van der Waals surface area contributed by atoms with Crippen molar-refractivity contribution in [3.8, 4) is 0 Å². The molecule has 1 aliphatic rings. The quantitative estimate of drug-likeness (QED) is 0.568. The zero-order valence-corrected chi connectivity index (χ0v) is 18.5. The Balaban J connectivity index is 1.89. The zero-order valence-electron chi connectivity index (χ0n) is 18.5. The predicted octanol–water partition coefficient (Wildman–Crippen LogP) is 5.63. The molecule has 2 amide bonds. The Morgan fingerprint density at radius 1 is 0.677 bits per heavy atom. The van der Waals surface area contributed by atoms with Gasteiger partial charge in [-0.2, -0.15) is 0 Å². The van der Waals surface area contributed by atoms with Gasteiger partial charge in [-0.3, -0.25) is 9.59 Å². The molecule has 0 bridgehead atoms. The summed E-state index contributed by atoms with van der Waals surface area (Å²) < 4.78 is 0. The Labute approximate surface area is 183 Å². The molecule has 3 aromatic carbocycles. The lowest BCUT2D eigenvalue weighted by atomic mass is 9.99. The van der Waals surface area contributed by atoms with Crippen molar-refractivity contribution >= 4 is 28.8 Å². The van der Waals surface area contributed by atoms with E-state index in [9.17, 15) is 9.59 Å². The first-order valence-corrected chi connectivity index (χ1v) is 10.4. The van der Waals surface area contributed by atoms with Crippen molar-refractivity contribution in [1.29, 1.82) is 0 Å². The van der Waals surface area contributed by atoms with Gasteiger partial charge in [0.1, 0.15) is 5.70 Å². The molecule has 0 spiro atoms. The van der Waals surface area contributed by atoms with Crippen LogP contribution in [0, 0.1) is 34.6 Å². The summed E-state index contributed by atoms with van der Waals surface area (Å²) in [6.45, 7) is 9.94. The highest BCUT2D eigenvalue weighted by atomic mass is 16.2. The van der Waals surface area contributed by atoms with Crippen LogP contribution in [0.2, 0.25) is 0 Å². The largest absolute Gasteiger partial charge is 0.350 e. The summed E-state index contributed by atoms with van der Waals surface area (Å²) in [5, 5.41) is 3.27. The number of aryl methyl sites for hydroxylation is 4. The number of hydrogen-bond donors (Lipinski definition) is 1. The van der Waals surface area contributed by atoms with Crippen molar-refractivity contribution in [2.45, 2.75) is 34.6 Å². The van der Waals surface area contributed by atoms with E-state index in [1.165, 1.54) is 4.90 Å². The summed E-state index contributed by atoms with van der Waals surface area (Å²) >= 11 is 0. The van der Waals surface area contributed by atoms with Crippen molar-refractivity contribution in [1.82, 2.24) is 0 Å². The van der Waals surface area contributed by atoms with E-state index in [2.05, 4.69) is 5.32 Å². The maximum absolute atomic E-state index is 13.7. The first kappa shape index (κ1) is 20.6. The van der Waals surface area contributed by atoms with Crippen molar-refractivity contribution < 1.29 is 9.59 Å². The molecule has 0 fully saturated rings. The van der Waals surface area contributed by atoms with Crippen LogP contribution in [0.25, 0.3) is 5.57 Å². The second-order valence-corrected chi connectivity index (χ2v) is 8.15. The summed E-state index contributed by atoms with van der Waals surface area (Å²) in [5.74, 6) is -0.645. The van der Waals surface area contributed by atoms with Crippen LogP contribution in [0.4, 0.5) is 11.4 Å². The highest BCUT2D eigenvalue weighted by Gasteiger charge is 2.41. The molecule has 31 heavy (non-hydrogen) atoms. The molecule has 4 heteroatoms. The average molecular weight is 411 g/mol. The van der Waals surface area contributed by atoms with E-state index in [0.717, 1.165) is 39.1 Å². The Morgan fingerprint density at radius 3 is 2.10 bits per heavy atom. The minimum Gasteiger partial charge on any atom is -0.350 e. The van der Waals surface area contributed by atoms with Crippen LogP contribution >= 0.6 is 0 Å². The van der Waals surface area contributed by atoms with E-state index in [4.69, 9.17) is 0 Å². The Bertz CT molecular complexity index is 1250. The number of rotatable bonds is 4. The van der Waals surface area contributed by atoms with Gasteiger partial charge < -0.3 is 5.32 Å². The molecule has 156 valence electrons. The first-order valence-electron chi connectivity index (χ1n) is 10.4. The number of carbonyl (C=O) groups is 2. The molecule has 1 N–H and O–H groups in total. The molecule has 0 radical (unpaired) electrons. The minimum absolute atomic E-state index is 0.307. The first-order chi connectivity index (χ1) is 14.8. The van der Waals surface area contributed by atoms with Gasteiger partial charge in [-0.05, 0) is 80.1 Å². The number of benzene rings is 3. The van der Waals surface area contributed by atoms with Crippen molar-refractivity contribution in [3.63, 3.8) is 0 Å². The number of carbonyl (C=O) groups excluding carboxylic acids is 2. The van der Waals surface area contributed by atoms with E-state index in [-0.39, 0.29) is 11.8 Å². The third kappa shape index (κ3) is 3.55. The second-order valence-electron chi connectivity index (χ2n) is 8.15. The molecule has 0 saturated carbocycles. The van der Waals surface area contributed by atoms with E-state index >= 15 is 0 Å². The minimum atomic E-state index is -0.338. The molecule has 4 nitrogen and oxygen atoms in total. The maximum Gasteiger partial charge on any atom is 0.282 e. The number of para-hydroxylation sites is 1. The fraction of sp³-hybridized carbons (Fsp3) is 0.185. The normalized spacial score (nSPS) is 13.9. The maximum atomic E-state index is 13.7. The molecule has 1 heterocycles. The molecule has 0 saturated heterocycles. The third-order valence-corrected chi connectivity index (χ3v) is 6.10. The lowest BCUT2D eigenvalue weighted by Crippen LogP contribution is -2.33. The third-order valence-electron chi connectivity index (χ3n) is 6.10. The predicted molar refractivity (Wildman–Crippen MR) is 126 cm³/mol. The van der Waals surface area contributed by atoms with Crippen LogP contribution in [0.1, 0.15) is 33.4 Å². The second kappa shape index (κ2) is 7.88. The zero-order chi connectivity index (χ0) is 22.3. The number of amides is 2. The van der Waals surface area contributed by atoms with Gasteiger partial charge >= 0.3 is 0 Å². The van der Waals surface area contributed by atoms with E-state index in [1.807, 2.05) is 95.3 Å². The number of anilines is 2. The van der Waals surface area contributed by atoms with Crippen LogP contribution in [-0.2, 0) is 9.59 Å². The van der Waals surface area contributed by atoms with Crippen LogP contribution in [0.3, 0.4) is 0 Å². The van der Waals surface area contributed by atoms with Crippen LogP contribution in [0.15, 0.2) is 66.4 Å². The highest BCUT2D eigenvalue weighted by molar-refractivity contribution is 6.46. The Hall–Kier alpha value is -3.66. The lowest BCUT2D eigenvalue weighted by molar-refractivity contribution is -0.120. The molecular weight excluding hydrogens is 384 g/mol. The fourth-order valence-corrected chi connectivity index (χ4v) is 3.85. The summed E-state index contributed by atoms with van der Waals surface area (Å²) in [5.41, 5.74) is 8.05. The lowest BCUT2D eigenvalue weighted by Gasteiger charge is -2.19. The molecule has 0 atom stereocenters. The molecular formula is C27H26N2O2. The summed E-state index contributed by atoms with van der Waals surface area (Å²) in [7, 11) is 0. The van der Waals surface area contributed by atoms with E-state index in [0.29, 0.717) is 17.0 Å². The van der Waals surface area contributed by atoms with Gasteiger partial charge in [0.05, 0.1) is 11.3 Å². The van der Waals surface area contributed by atoms with Crippen LogP contribution in [0.5, 0.6) is 0 Å². The Morgan fingerprint density at radius 2 is 1.39 bits per heavy atom. The van der Waals surface area contributed by atoms with Gasteiger partial charge in [0.2, 0.25) is 0 Å². The summed E-state index contributed by atoms with van der Waals surface area (Å²) in [4.78, 5) is 28.6. The van der Waals surface area contributed by atoms with Gasteiger partial charge in [-0.1, -0.05) is 48.5 Å². The molecule has 1 aliphatic heterocycles. The van der Waals surface area contributed by atoms with E-state index < -0.39 is 0 Å². The van der Waals surface area contributed by atoms with Gasteiger partial charge in [-0.25, -0.2) is 4.90 Å². The van der Waals surface area contributed by atoms with Gasteiger partial charge in [0.25, 0.3) is 11.8 Å². The number of nitrogens with zero attached hydrogens (tertiary/aromatic N) is 1. The SMILES string of the molecule is Cc1ccc(C2=C(Nc3ccccc3C)C(=O)N(c3cccc(C)c3C)C2=O)cc1C. The number of hydrogen-bond acceptors (Lipinski definition) is 3. The van der Waals surface area contributed by atoms with Gasteiger partial charge in [-0.15, -0.1) is 0 Å². The number of nitrogens with one attached hydrogen (secondary N) is 1. The van der Waals surface area contributed by atoms with Gasteiger partial charge in [0.15, 0.2) is 0 Å². The Kier molecular flexibility index (Phi) is 5.24. The van der Waals surface area contributed by atoms with Crippen molar-refractivity contribution in [2.75, 3.05) is 10.2 Å². The molecule has 0 unspecified atom stereocenters. The van der Waals surface area contributed by atoms with Crippen molar-refractivity contribution in [2.24, 2.45) is 0 Å². The molecule has 0 aliphatic carbocycles. The molecule has 4 rings (SSSR count). The molecule has 3 aromatic rings. The number of imide groups is 1.